The molecule has 0 bridgehead atoms. The van der Waals surface area contributed by atoms with Gasteiger partial charge in [0.2, 0.25) is 0 Å². The second-order valence-electron chi connectivity index (χ2n) is 5.42. The Kier molecular flexibility index (Phi) is 4.64. The molecule has 1 aromatic heterocycles. The van der Waals surface area contributed by atoms with Gasteiger partial charge in [-0.05, 0) is 29.7 Å². The minimum absolute atomic E-state index is 0.267. The molecule has 0 amide bonds. The van der Waals surface area contributed by atoms with E-state index in [1.54, 1.807) is 0 Å². The molecule has 0 saturated heterocycles. The van der Waals surface area contributed by atoms with Gasteiger partial charge in [0.1, 0.15) is 17.5 Å². The van der Waals surface area contributed by atoms with Crippen molar-refractivity contribution in [1.82, 2.24) is 4.98 Å². The normalized spacial score (nSPS) is 10.4. The maximum atomic E-state index is 9.63. The second kappa shape index (κ2) is 6.86. The molecule has 0 spiro atoms. The van der Waals surface area contributed by atoms with Crippen LogP contribution in [0.1, 0.15) is 18.1 Å². The summed E-state index contributed by atoms with van der Waals surface area (Å²) in [4.78, 5) is 4.54. The van der Waals surface area contributed by atoms with Crippen LogP contribution < -0.4 is 5.73 Å². The highest BCUT2D eigenvalue weighted by Crippen LogP contribution is 2.37. The van der Waals surface area contributed by atoms with Crippen molar-refractivity contribution in [2.45, 2.75) is 13.3 Å². The Bertz CT molecular complexity index is 928. The van der Waals surface area contributed by atoms with Crippen LogP contribution >= 0.6 is 15.9 Å². The fourth-order valence-corrected chi connectivity index (χ4v) is 3.30. The summed E-state index contributed by atoms with van der Waals surface area (Å²) in [5.41, 5.74) is 11.3. The van der Waals surface area contributed by atoms with Gasteiger partial charge in [0.05, 0.1) is 5.69 Å². The Balaban J connectivity index is 2.38. The molecular weight excluding hydrogens is 362 g/mol. The molecule has 0 radical (unpaired) electrons. The fourth-order valence-electron chi connectivity index (χ4n) is 2.90. The minimum atomic E-state index is 0.267. The molecule has 3 nitrogen and oxygen atoms in total. The first-order chi connectivity index (χ1) is 11.7. The first kappa shape index (κ1) is 16.2. The number of benzene rings is 2. The first-order valence-electron chi connectivity index (χ1n) is 7.69. The average Bonchev–Trinajstić information content (AvgIpc) is 2.61. The van der Waals surface area contributed by atoms with Crippen molar-refractivity contribution in [2.75, 3.05) is 5.73 Å². The third-order valence-corrected chi connectivity index (χ3v) is 4.45. The summed E-state index contributed by atoms with van der Waals surface area (Å²) in [6.45, 7) is 2.07. The third-order valence-electron chi connectivity index (χ3n) is 3.95. The number of nitrogens with zero attached hydrogens (tertiary/aromatic N) is 2. The molecule has 24 heavy (non-hydrogen) atoms. The van der Waals surface area contributed by atoms with Crippen LogP contribution in [0.5, 0.6) is 0 Å². The van der Waals surface area contributed by atoms with E-state index in [4.69, 9.17) is 5.73 Å². The lowest BCUT2D eigenvalue weighted by Gasteiger charge is -2.17. The van der Waals surface area contributed by atoms with Gasteiger partial charge in [-0.25, -0.2) is 4.98 Å². The minimum Gasteiger partial charge on any atom is -0.383 e. The van der Waals surface area contributed by atoms with E-state index < -0.39 is 0 Å². The van der Waals surface area contributed by atoms with Crippen LogP contribution in [-0.4, -0.2) is 4.98 Å². The van der Waals surface area contributed by atoms with E-state index in [2.05, 4.69) is 33.9 Å². The number of aromatic nitrogens is 1. The molecule has 118 valence electrons. The SMILES string of the molecule is CCc1c(-c2ccccc2)nc(N)c(C#N)c1-c1cccc(Br)c1. The second-order valence-corrected chi connectivity index (χ2v) is 6.33. The van der Waals surface area contributed by atoms with E-state index >= 15 is 0 Å². The topological polar surface area (TPSA) is 62.7 Å². The molecule has 0 fully saturated rings. The van der Waals surface area contributed by atoms with E-state index in [1.807, 2.05) is 54.6 Å². The summed E-state index contributed by atoms with van der Waals surface area (Å²) in [6, 6.07) is 20.1. The summed E-state index contributed by atoms with van der Waals surface area (Å²) in [5, 5.41) is 9.63. The van der Waals surface area contributed by atoms with E-state index in [0.29, 0.717) is 5.56 Å². The molecule has 0 aliphatic rings. The van der Waals surface area contributed by atoms with Crippen LogP contribution in [0.2, 0.25) is 0 Å². The van der Waals surface area contributed by atoms with Gasteiger partial charge in [0.15, 0.2) is 0 Å². The van der Waals surface area contributed by atoms with Crippen molar-refractivity contribution < 1.29 is 0 Å². The molecule has 2 aromatic carbocycles. The molecule has 0 unspecified atom stereocenters. The molecule has 0 saturated carbocycles. The van der Waals surface area contributed by atoms with Crippen LogP contribution in [0, 0.1) is 11.3 Å². The predicted octanol–water partition coefficient (Wildman–Crippen LogP) is 5.19. The third kappa shape index (κ3) is 2.91. The highest BCUT2D eigenvalue weighted by Gasteiger charge is 2.19. The predicted molar refractivity (Wildman–Crippen MR) is 101 cm³/mol. The quantitative estimate of drug-likeness (QED) is 0.682. The summed E-state index contributed by atoms with van der Waals surface area (Å²) in [6.07, 6.45) is 0.758. The molecule has 2 N–H and O–H groups in total. The van der Waals surface area contributed by atoms with Crippen molar-refractivity contribution in [3.63, 3.8) is 0 Å². The molecule has 1 heterocycles. The Morgan fingerprint density at radius 2 is 1.79 bits per heavy atom. The van der Waals surface area contributed by atoms with Crippen LogP contribution in [0.3, 0.4) is 0 Å². The fraction of sp³-hybridized carbons (Fsp3) is 0.100. The molecule has 0 atom stereocenters. The number of anilines is 1. The number of pyridine rings is 1. The lowest BCUT2D eigenvalue weighted by Crippen LogP contribution is -2.05. The van der Waals surface area contributed by atoms with Gasteiger partial charge < -0.3 is 5.73 Å². The Labute approximate surface area is 149 Å². The monoisotopic (exact) mass is 377 g/mol. The number of hydrogen-bond donors (Lipinski definition) is 1. The molecule has 0 aliphatic heterocycles. The smallest absolute Gasteiger partial charge is 0.142 e. The van der Waals surface area contributed by atoms with E-state index in [1.165, 1.54) is 0 Å². The van der Waals surface area contributed by atoms with E-state index in [-0.39, 0.29) is 5.82 Å². The van der Waals surface area contributed by atoms with Crippen LogP contribution in [0.25, 0.3) is 22.4 Å². The Morgan fingerprint density at radius 3 is 2.42 bits per heavy atom. The number of rotatable bonds is 3. The number of nitrogen functional groups attached to an aromatic ring is 1. The summed E-state index contributed by atoms with van der Waals surface area (Å²) < 4.78 is 0.961. The maximum Gasteiger partial charge on any atom is 0.142 e. The molecule has 3 rings (SSSR count). The number of hydrogen-bond acceptors (Lipinski definition) is 3. The first-order valence-corrected chi connectivity index (χ1v) is 8.48. The Hall–Kier alpha value is -2.64. The van der Waals surface area contributed by atoms with Gasteiger partial charge in [-0.3, -0.25) is 0 Å². The summed E-state index contributed by atoms with van der Waals surface area (Å²) in [5.74, 6) is 0.267. The van der Waals surface area contributed by atoms with Crippen molar-refractivity contribution in [3.8, 4) is 28.5 Å². The molecule has 0 aliphatic carbocycles. The van der Waals surface area contributed by atoms with Gasteiger partial charge in [-0.2, -0.15) is 5.26 Å². The van der Waals surface area contributed by atoms with Crippen LogP contribution in [0.4, 0.5) is 5.82 Å². The van der Waals surface area contributed by atoms with Crippen LogP contribution in [0.15, 0.2) is 59.1 Å². The van der Waals surface area contributed by atoms with Gasteiger partial charge in [0.25, 0.3) is 0 Å². The van der Waals surface area contributed by atoms with Gasteiger partial charge >= 0.3 is 0 Å². The van der Waals surface area contributed by atoms with Crippen molar-refractivity contribution in [1.29, 1.82) is 5.26 Å². The standard InChI is InChI=1S/C20H16BrN3/c1-2-16-18(14-9-6-10-15(21)11-14)17(12-22)20(23)24-19(16)13-7-4-3-5-8-13/h3-11H,2H2,1H3,(H2,23,24). The number of nitrogens with two attached hydrogens (primary N) is 1. The van der Waals surface area contributed by atoms with Gasteiger partial charge in [-0.15, -0.1) is 0 Å². The molecule has 3 aromatic rings. The van der Waals surface area contributed by atoms with Crippen molar-refractivity contribution in [2.24, 2.45) is 0 Å². The highest BCUT2D eigenvalue weighted by atomic mass is 79.9. The van der Waals surface area contributed by atoms with E-state index in [9.17, 15) is 5.26 Å². The maximum absolute atomic E-state index is 9.63. The zero-order valence-electron chi connectivity index (χ0n) is 13.3. The van der Waals surface area contributed by atoms with E-state index in [0.717, 1.165) is 38.8 Å². The number of halogens is 1. The van der Waals surface area contributed by atoms with Gasteiger partial charge in [0, 0.05) is 15.6 Å². The highest BCUT2D eigenvalue weighted by molar-refractivity contribution is 9.10. The van der Waals surface area contributed by atoms with Crippen molar-refractivity contribution in [3.05, 3.63) is 70.2 Å². The van der Waals surface area contributed by atoms with Crippen molar-refractivity contribution >= 4 is 21.7 Å². The average molecular weight is 378 g/mol. The summed E-state index contributed by atoms with van der Waals surface area (Å²) in [7, 11) is 0. The molecule has 4 heteroatoms. The molecular formula is C20H16BrN3. The van der Waals surface area contributed by atoms with Crippen LogP contribution in [-0.2, 0) is 6.42 Å². The zero-order valence-corrected chi connectivity index (χ0v) is 14.8. The Morgan fingerprint density at radius 1 is 1.08 bits per heavy atom. The van der Waals surface area contributed by atoms with Gasteiger partial charge in [-0.1, -0.05) is 65.3 Å². The zero-order chi connectivity index (χ0) is 17.1. The number of nitriles is 1. The lowest BCUT2D eigenvalue weighted by molar-refractivity contribution is 1.11. The lowest BCUT2D eigenvalue weighted by atomic mass is 9.90. The largest absolute Gasteiger partial charge is 0.383 e. The summed E-state index contributed by atoms with van der Waals surface area (Å²) >= 11 is 3.50.